The molecule has 3 rings (SSSR count). The Bertz CT molecular complexity index is 576. The van der Waals surface area contributed by atoms with Crippen LogP contribution < -0.4 is 0 Å². The van der Waals surface area contributed by atoms with Crippen molar-refractivity contribution < 1.29 is 13.7 Å². The van der Waals surface area contributed by atoms with E-state index in [1.807, 2.05) is 17.0 Å². The third-order valence-electron chi connectivity index (χ3n) is 4.63. The summed E-state index contributed by atoms with van der Waals surface area (Å²) in [5.41, 5.74) is 0.663. The summed E-state index contributed by atoms with van der Waals surface area (Å²) in [4.78, 5) is 15.6. The Labute approximate surface area is 144 Å². The largest absolute Gasteiger partial charge is 0.616 e. The Morgan fingerprint density at radius 3 is 2.78 bits per heavy atom. The number of nitrogens with zero attached hydrogens (tertiary/aromatic N) is 1. The first-order valence-electron chi connectivity index (χ1n) is 8.09. The molecule has 2 fully saturated rings. The van der Waals surface area contributed by atoms with Crippen LogP contribution in [0.3, 0.4) is 0 Å². The van der Waals surface area contributed by atoms with Crippen LogP contribution in [0.5, 0.6) is 0 Å². The van der Waals surface area contributed by atoms with Crippen LogP contribution in [-0.2, 0) is 16.0 Å². The maximum absolute atomic E-state index is 13.3. The molecule has 2 saturated heterocycles. The van der Waals surface area contributed by atoms with E-state index < -0.39 is 11.2 Å². The van der Waals surface area contributed by atoms with Crippen LogP contribution in [0, 0.1) is 18.7 Å². The van der Waals surface area contributed by atoms with E-state index in [1.54, 1.807) is 18.7 Å². The summed E-state index contributed by atoms with van der Waals surface area (Å²) in [7, 11) is 0. The fourth-order valence-electron chi connectivity index (χ4n) is 3.21. The van der Waals surface area contributed by atoms with E-state index in [1.165, 1.54) is 6.07 Å². The minimum atomic E-state index is -0.722. The number of benzene rings is 1. The minimum absolute atomic E-state index is 0.0597. The predicted octanol–water partition coefficient (Wildman–Crippen LogP) is 2.99. The van der Waals surface area contributed by atoms with Crippen LogP contribution >= 0.6 is 11.8 Å². The van der Waals surface area contributed by atoms with E-state index in [0.29, 0.717) is 22.3 Å². The summed E-state index contributed by atoms with van der Waals surface area (Å²) in [5.74, 6) is 1.45. The van der Waals surface area contributed by atoms with E-state index >= 15 is 0 Å². The average Bonchev–Trinajstić information content (AvgIpc) is 2.99. The van der Waals surface area contributed by atoms with Crippen molar-refractivity contribution in [3.63, 3.8) is 0 Å². The van der Waals surface area contributed by atoms with E-state index in [-0.39, 0.29) is 17.6 Å². The second-order valence-corrected chi connectivity index (χ2v) is 9.42. The molecule has 0 radical (unpaired) electrons. The number of amides is 1. The monoisotopic (exact) mass is 355 g/mol. The second kappa shape index (κ2) is 7.45. The van der Waals surface area contributed by atoms with Crippen LogP contribution in [0.2, 0.25) is 0 Å². The number of thioether (sulfide) groups is 1. The highest BCUT2D eigenvalue weighted by atomic mass is 32.2. The molecule has 1 amide bonds. The fourth-order valence-corrected chi connectivity index (χ4v) is 5.76. The van der Waals surface area contributed by atoms with Gasteiger partial charge in [-0.1, -0.05) is 11.2 Å². The first-order chi connectivity index (χ1) is 11.0. The summed E-state index contributed by atoms with van der Waals surface area (Å²) >= 11 is 1.01. The van der Waals surface area contributed by atoms with Crippen LogP contribution in [0.15, 0.2) is 23.1 Å². The van der Waals surface area contributed by atoms with Gasteiger partial charge in [0, 0.05) is 42.0 Å². The van der Waals surface area contributed by atoms with Gasteiger partial charge in [0.05, 0.1) is 0 Å². The molecule has 3 nitrogen and oxygen atoms in total. The first-order valence-corrected chi connectivity index (χ1v) is 10.5. The topological polar surface area (TPSA) is 43.4 Å². The van der Waals surface area contributed by atoms with Crippen molar-refractivity contribution in [2.75, 3.05) is 24.6 Å². The maximum atomic E-state index is 13.3. The van der Waals surface area contributed by atoms with Gasteiger partial charge in [0.25, 0.3) is 0 Å². The number of halogens is 1. The highest BCUT2D eigenvalue weighted by Crippen LogP contribution is 2.32. The highest BCUT2D eigenvalue weighted by Gasteiger charge is 2.34. The predicted molar refractivity (Wildman–Crippen MR) is 92.6 cm³/mol. The maximum Gasteiger partial charge on any atom is 0.226 e. The Morgan fingerprint density at radius 2 is 2.09 bits per heavy atom. The molecule has 1 unspecified atom stereocenters. The van der Waals surface area contributed by atoms with E-state index in [0.717, 1.165) is 37.2 Å². The lowest BCUT2D eigenvalue weighted by Gasteiger charge is -2.27. The SMILES string of the molecule is Cc1cc(SC2CCN(C(=O)C3CC[S+]([O-])CC3)C2)ccc1F. The lowest BCUT2D eigenvalue weighted by Crippen LogP contribution is -2.38. The number of hydrogen-bond donors (Lipinski definition) is 0. The molecule has 1 aromatic rings. The zero-order chi connectivity index (χ0) is 16.4. The normalized spacial score (nSPS) is 28.1. The number of aryl methyl sites for hydroxylation is 1. The van der Waals surface area contributed by atoms with Crippen molar-refractivity contribution in [2.45, 2.75) is 36.3 Å². The van der Waals surface area contributed by atoms with Gasteiger partial charge in [-0.3, -0.25) is 4.79 Å². The molecule has 0 aliphatic carbocycles. The molecule has 126 valence electrons. The molecule has 0 bridgehead atoms. The smallest absolute Gasteiger partial charge is 0.226 e. The van der Waals surface area contributed by atoms with Crippen molar-refractivity contribution in [2.24, 2.45) is 5.92 Å². The Balaban J connectivity index is 1.53. The number of likely N-dealkylation sites (tertiary alicyclic amines) is 1. The Kier molecular flexibility index (Phi) is 5.54. The Morgan fingerprint density at radius 1 is 1.35 bits per heavy atom. The summed E-state index contributed by atoms with van der Waals surface area (Å²) < 4.78 is 24.7. The van der Waals surface area contributed by atoms with Gasteiger partial charge in [0.1, 0.15) is 17.3 Å². The van der Waals surface area contributed by atoms with Gasteiger partial charge in [-0.2, -0.15) is 0 Å². The van der Waals surface area contributed by atoms with E-state index in [2.05, 4.69) is 0 Å². The Hall–Kier alpha value is -0.720. The van der Waals surface area contributed by atoms with Gasteiger partial charge in [-0.15, -0.1) is 11.8 Å². The van der Waals surface area contributed by atoms with Gasteiger partial charge in [-0.05, 0) is 37.1 Å². The number of carbonyl (C=O) groups excluding carboxylic acids is 1. The average molecular weight is 356 g/mol. The molecular weight excluding hydrogens is 333 g/mol. The molecule has 0 saturated carbocycles. The van der Waals surface area contributed by atoms with Crippen molar-refractivity contribution in [3.05, 3.63) is 29.6 Å². The van der Waals surface area contributed by atoms with Crippen molar-refractivity contribution in [3.8, 4) is 0 Å². The lowest BCUT2D eigenvalue weighted by molar-refractivity contribution is -0.134. The molecule has 6 heteroatoms. The fraction of sp³-hybridized carbons (Fsp3) is 0.588. The third-order valence-corrected chi connectivity index (χ3v) is 7.25. The van der Waals surface area contributed by atoms with Crippen molar-refractivity contribution in [1.29, 1.82) is 0 Å². The molecule has 2 aliphatic heterocycles. The van der Waals surface area contributed by atoms with Crippen molar-refractivity contribution in [1.82, 2.24) is 4.90 Å². The van der Waals surface area contributed by atoms with Crippen LogP contribution in [0.1, 0.15) is 24.8 Å². The van der Waals surface area contributed by atoms with Crippen LogP contribution in [0.25, 0.3) is 0 Å². The first kappa shape index (κ1) is 17.1. The molecule has 0 N–H and O–H groups in total. The third kappa shape index (κ3) is 4.22. The molecule has 0 aromatic heterocycles. The van der Waals surface area contributed by atoms with Gasteiger partial charge >= 0.3 is 0 Å². The molecule has 23 heavy (non-hydrogen) atoms. The number of carbonyl (C=O) groups is 1. The molecule has 1 aromatic carbocycles. The lowest BCUT2D eigenvalue weighted by atomic mass is 10.0. The van der Waals surface area contributed by atoms with Crippen LogP contribution in [0.4, 0.5) is 4.39 Å². The van der Waals surface area contributed by atoms with E-state index in [4.69, 9.17) is 0 Å². The quantitative estimate of drug-likeness (QED) is 0.783. The standard InChI is InChI=1S/C17H22FNO2S2/c1-12-10-14(2-3-16(12)18)22-15-4-7-19(11-15)17(20)13-5-8-23(21)9-6-13/h2-3,10,13,15H,4-9,11H2,1H3. The summed E-state index contributed by atoms with van der Waals surface area (Å²) in [5, 5.41) is 0.376. The van der Waals surface area contributed by atoms with Gasteiger partial charge in [0.2, 0.25) is 5.91 Å². The summed E-state index contributed by atoms with van der Waals surface area (Å²) in [6, 6.07) is 5.20. The highest BCUT2D eigenvalue weighted by molar-refractivity contribution is 8.00. The zero-order valence-corrected chi connectivity index (χ0v) is 14.9. The second-order valence-electron chi connectivity index (χ2n) is 6.35. The van der Waals surface area contributed by atoms with E-state index in [9.17, 15) is 13.7 Å². The number of rotatable bonds is 3. The van der Waals surface area contributed by atoms with Gasteiger partial charge < -0.3 is 9.45 Å². The minimum Gasteiger partial charge on any atom is -0.616 e. The number of hydrogen-bond acceptors (Lipinski definition) is 3. The van der Waals surface area contributed by atoms with Crippen molar-refractivity contribution >= 4 is 28.8 Å². The zero-order valence-electron chi connectivity index (χ0n) is 13.3. The molecular formula is C17H22FNO2S2. The molecule has 2 heterocycles. The molecule has 1 atom stereocenters. The molecule has 0 spiro atoms. The van der Waals surface area contributed by atoms with Gasteiger partial charge in [-0.25, -0.2) is 4.39 Å². The van der Waals surface area contributed by atoms with Crippen LogP contribution in [-0.4, -0.2) is 45.2 Å². The molecule has 2 aliphatic rings. The summed E-state index contributed by atoms with van der Waals surface area (Å²) in [6.07, 6.45) is 2.50. The summed E-state index contributed by atoms with van der Waals surface area (Å²) in [6.45, 7) is 3.34. The van der Waals surface area contributed by atoms with Gasteiger partial charge in [0.15, 0.2) is 0 Å².